The number of para-hydroxylation sites is 1. The molecule has 1 aromatic heterocycles. The minimum atomic E-state index is -3.39. The molecule has 1 N–H and O–H groups in total. The molecule has 0 saturated heterocycles. The van der Waals surface area contributed by atoms with Crippen LogP contribution in [0.4, 0.5) is 5.13 Å². The van der Waals surface area contributed by atoms with Gasteiger partial charge in [0, 0.05) is 17.4 Å². The molecular formula is C25H22N2O4S2. The minimum Gasteiger partial charge on any atom is -0.457 e. The van der Waals surface area contributed by atoms with Crippen molar-refractivity contribution in [1.82, 2.24) is 4.98 Å². The number of benzene rings is 3. The third kappa shape index (κ3) is 6.27. The van der Waals surface area contributed by atoms with E-state index >= 15 is 0 Å². The zero-order valence-corrected chi connectivity index (χ0v) is 19.3. The van der Waals surface area contributed by atoms with Crippen LogP contribution in [0.25, 0.3) is 11.3 Å². The van der Waals surface area contributed by atoms with Gasteiger partial charge in [0.1, 0.15) is 11.5 Å². The molecule has 0 unspecified atom stereocenters. The van der Waals surface area contributed by atoms with Gasteiger partial charge in [-0.3, -0.25) is 4.79 Å². The van der Waals surface area contributed by atoms with Crippen molar-refractivity contribution in [2.75, 3.05) is 11.1 Å². The van der Waals surface area contributed by atoms with E-state index in [1.807, 2.05) is 60.0 Å². The Bertz CT molecular complexity index is 1300. The highest BCUT2D eigenvalue weighted by atomic mass is 32.2. The highest BCUT2D eigenvalue weighted by Gasteiger charge is 2.15. The maximum absolute atomic E-state index is 12.3. The second-order valence-electron chi connectivity index (χ2n) is 7.26. The van der Waals surface area contributed by atoms with Crippen molar-refractivity contribution in [2.45, 2.75) is 17.7 Å². The van der Waals surface area contributed by atoms with Crippen molar-refractivity contribution in [1.29, 1.82) is 0 Å². The van der Waals surface area contributed by atoms with E-state index in [-0.39, 0.29) is 29.4 Å². The number of anilines is 1. The van der Waals surface area contributed by atoms with Gasteiger partial charge in [0.15, 0.2) is 15.0 Å². The molecule has 0 aliphatic rings. The Labute approximate surface area is 196 Å². The van der Waals surface area contributed by atoms with Crippen molar-refractivity contribution in [3.05, 3.63) is 90.3 Å². The largest absolute Gasteiger partial charge is 0.457 e. The summed E-state index contributed by atoms with van der Waals surface area (Å²) in [5.41, 5.74) is 1.65. The minimum absolute atomic E-state index is 0.0784. The quantitative estimate of drug-likeness (QED) is 0.329. The third-order valence-electron chi connectivity index (χ3n) is 4.80. The molecule has 1 heterocycles. The van der Waals surface area contributed by atoms with Crippen LogP contribution < -0.4 is 10.1 Å². The molecule has 1 amide bonds. The maximum atomic E-state index is 12.3. The fourth-order valence-corrected chi connectivity index (χ4v) is 5.20. The Hall–Kier alpha value is -3.49. The van der Waals surface area contributed by atoms with Crippen LogP contribution in [0, 0.1) is 0 Å². The van der Waals surface area contributed by atoms with E-state index in [0.29, 0.717) is 5.13 Å². The molecular weight excluding hydrogens is 456 g/mol. The van der Waals surface area contributed by atoms with Gasteiger partial charge in [-0.25, -0.2) is 13.4 Å². The van der Waals surface area contributed by atoms with Gasteiger partial charge in [-0.15, -0.1) is 11.3 Å². The summed E-state index contributed by atoms with van der Waals surface area (Å²) in [4.78, 5) is 17.0. The van der Waals surface area contributed by atoms with Crippen LogP contribution in [0.3, 0.4) is 0 Å². The lowest BCUT2D eigenvalue weighted by Crippen LogP contribution is -2.14. The van der Waals surface area contributed by atoms with Gasteiger partial charge in [0.2, 0.25) is 5.91 Å². The first-order valence-electron chi connectivity index (χ1n) is 10.4. The topological polar surface area (TPSA) is 85.4 Å². The Balaban J connectivity index is 1.29. The lowest BCUT2D eigenvalue weighted by Gasteiger charge is -2.06. The van der Waals surface area contributed by atoms with Gasteiger partial charge in [0.25, 0.3) is 0 Å². The molecule has 0 aliphatic heterocycles. The molecule has 168 valence electrons. The summed E-state index contributed by atoms with van der Waals surface area (Å²) in [5.74, 6) is 1.15. The van der Waals surface area contributed by atoms with Crippen LogP contribution in [-0.4, -0.2) is 25.1 Å². The summed E-state index contributed by atoms with van der Waals surface area (Å²) < 4.78 is 30.4. The van der Waals surface area contributed by atoms with E-state index in [1.54, 1.807) is 30.3 Å². The van der Waals surface area contributed by atoms with Crippen molar-refractivity contribution >= 4 is 32.2 Å². The number of aromatic nitrogens is 1. The van der Waals surface area contributed by atoms with Crippen LogP contribution in [0.15, 0.2) is 95.2 Å². The normalized spacial score (nSPS) is 11.2. The number of carbonyl (C=O) groups is 1. The van der Waals surface area contributed by atoms with E-state index in [9.17, 15) is 13.2 Å². The number of rotatable bonds is 9. The van der Waals surface area contributed by atoms with Crippen LogP contribution in [0.2, 0.25) is 0 Å². The lowest BCUT2D eigenvalue weighted by molar-refractivity contribution is -0.116. The van der Waals surface area contributed by atoms with Crippen molar-refractivity contribution in [3.63, 3.8) is 0 Å². The Kier molecular flexibility index (Phi) is 7.16. The third-order valence-corrected chi connectivity index (χ3v) is 7.37. The molecule has 0 bridgehead atoms. The van der Waals surface area contributed by atoms with Gasteiger partial charge in [-0.05, 0) is 55.0 Å². The molecule has 3 aromatic carbocycles. The van der Waals surface area contributed by atoms with Crippen LogP contribution in [-0.2, 0) is 14.6 Å². The molecule has 6 nitrogen and oxygen atoms in total. The van der Waals surface area contributed by atoms with Crippen molar-refractivity contribution < 1.29 is 17.9 Å². The van der Waals surface area contributed by atoms with E-state index in [4.69, 9.17) is 4.74 Å². The Morgan fingerprint density at radius 2 is 1.52 bits per heavy atom. The summed E-state index contributed by atoms with van der Waals surface area (Å²) in [6.07, 6.45) is 0.344. The van der Waals surface area contributed by atoms with Gasteiger partial charge in [-0.2, -0.15) is 0 Å². The van der Waals surface area contributed by atoms with Gasteiger partial charge in [-0.1, -0.05) is 36.4 Å². The van der Waals surface area contributed by atoms with E-state index in [1.165, 1.54) is 11.3 Å². The van der Waals surface area contributed by atoms with E-state index < -0.39 is 9.84 Å². The number of amides is 1. The van der Waals surface area contributed by atoms with Gasteiger partial charge < -0.3 is 10.1 Å². The fraction of sp³-hybridized carbons (Fsp3) is 0.120. The van der Waals surface area contributed by atoms with E-state index in [0.717, 1.165) is 22.8 Å². The zero-order chi connectivity index (χ0) is 23.1. The number of nitrogens with zero attached hydrogens (tertiary/aromatic N) is 1. The molecule has 0 spiro atoms. The highest BCUT2D eigenvalue weighted by molar-refractivity contribution is 7.91. The highest BCUT2D eigenvalue weighted by Crippen LogP contribution is 2.28. The second-order valence-corrected chi connectivity index (χ2v) is 10.2. The summed E-state index contributed by atoms with van der Waals surface area (Å²) in [7, 11) is -3.39. The predicted molar refractivity (Wildman–Crippen MR) is 130 cm³/mol. The van der Waals surface area contributed by atoms with Crippen LogP contribution in [0.1, 0.15) is 12.8 Å². The maximum Gasteiger partial charge on any atom is 0.226 e. The second kappa shape index (κ2) is 10.4. The van der Waals surface area contributed by atoms with E-state index in [2.05, 4.69) is 10.3 Å². The molecule has 4 rings (SSSR count). The molecule has 0 saturated carbocycles. The number of ether oxygens (including phenoxy) is 1. The summed E-state index contributed by atoms with van der Waals surface area (Å²) in [6, 6.07) is 25.4. The Morgan fingerprint density at radius 1 is 0.879 bits per heavy atom. The van der Waals surface area contributed by atoms with Gasteiger partial charge in [0.05, 0.1) is 16.3 Å². The smallest absolute Gasteiger partial charge is 0.226 e. The first-order valence-corrected chi connectivity index (χ1v) is 12.9. The van der Waals surface area contributed by atoms with Crippen molar-refractivity contribution in [2.24, 2.45) is 0 Å². The summed E-state index contributed by atoms with van der Waals surface area (Å²) in [6.45, 7) is 0. The molecule has 8 heteroatoms. The molecule has 4 aromatic rings. The first-order chi connectivity index (χ1) is 16.0. The lowest BCUT2D eigenvalue weighted by atomic mass is 10.2. The number of hydrogen-bond acceptors (Lipinski definition) is 6. The molecule has 0 aliphatic carbocycles. The average molecular weight is 479 g/mol. The molecule has 0 fully saturated rings. The van der Waals surface area contributed by atoms with Crippen LogP contribution in [0.5, 0.6) is 11.5 Å². The standard InChI is InChI=1S/C25H22N2O4S2/c28-24(12-7-17-33(29,30)22-10-5-2-6-11-22)27-25-26-23(18-32-25)19-13-15-21(16-14-19)31-20-8-3-1-4-9-20/h1-6,8-11,13-16,18H,7,12,17H2,(H,26,27,28). The van der Waals surface area contributed by atoms with Crippen LogP contribution >= 0.6 is 11.3 Å². The first kappa shape index (κ1) is 22.7. The number of carbonyl (C=O) groups excluding carboxylic acids is 1. The number of hydrogen-bond donors (Lipinski definition) is 1. The summed E-state index contributed by atoms with van der Waals surface area (Å²) in [5, 5.41) is 5.09. The van der Waals surface area contributed by atoms with Crippen molar-refractivity contribution in [3.8, 4) is 22.8 Å². The number of sulfone groups is 1. The molecule has 0 radical (unpaired) electrons. The van der Waals surface area contributed by atoms with Gasteiger partial charge >= 0.3 is 0 Å². The number of nitrogens with one attached hydrogen (secondary N) is 1. The fourth-order valence-electron chi connectivity index (χ4n) is 3.13. The molecule has 33 heavy (non-hydrogen) atoms. The zero-order valence-electron chi connectivity index (χ0n) is 17.7. The Morgan fingerprint density at radius 3 is 2.21 bits per heavy atom. The SMILES string of the molecule is O=C(CCCS(=O)(=O)c1ccccc1)Nc1nc(-c2ccc(Oc3ccccc3)cc2)cs1. The number of thiazole rings is 1. The predicted octanol–water partition coefficient (Wildman–Crippen LogP) is 5.80. The molecule has 0 atom stereocenters. The average Bonchev–Trinajstić information content (AvgIpc) is 3.29. The monoisotopic (exact) mass is 478 g/mol. The summed E-state index contributed by atoms with van der Waals surface area (Å²) >= 11 is 1.32.